The van der Waals surface area contributed by atoms with Crippen LogP contribution >= 0.6 is 0 Å². The fourth-order valence-corrected chi connectivity index (χ4v) is 1.02. The van der Waals surface area contributed by atoms with Crippen LogP contribution in [0.1, 0.15) is 0 Å². The second kappa shape index (κ2) is 8.68. The normalized spacial score (nSPS) is 10.2. The van der Waals surface area contributed by atoms with Gasteiger partial charge in [-0.2, -0.15) is 0 Å². The molecule has 0 aromatic rings. The van der Waals surface area contributed by atoms with Crippen molar-refractivity contribution in [2.45, 2.75) is 0 Å². The van der Waals surface area contributed by atoms with Gasteiger partial charge in [0.15, 0.2) is 0 Å². The van der Waals surface area contributed by atoms with Gasteiger partial charge in [0, 0.05) is 26.2 Å². The predicted octanol–water partition coefficient (Wildman–Crippen LogP) is -1.06. The molecule has 0 spiro atoms. The summed E-state index contributed by atoms with van der Waals surface area (Å²) < 4.78 is 4.83. The second-order valence-electron chi connectivity index (χ2n) is 2.83. The van der Waals surface area contributed by atoms with Crippen LogP contribution in [0.15, 0.2) is 12.7 Å². The van der Waals surface area contributed by atoms with E-state index in [1.165, 1.54) is 6.08 Å². The fraction of sp³-hybridized carbons (Fsp3) is 0.667. The Bertz CT molecular complexity index is 167. The van der Waals surface area contributed by atoms with Crippen LogP contribution in [-0.4, -0.2) is 50.2 Å². The molecule has 0 unspecified atom stereocenters. The van der Waals surface area contributed by atoms with Crippen LogP contribution in [0.5, 0.6) is 0 Å². The topological polar surface area (TPSA) is 81.6 Å². The molecule has 0 amide bonds. The molecule has 0 rings (SSSR count). The SMILES string of the molecule is C=CCOC(=O)CN(CCN)CCN. The Hall–Kier alpha value is -0.910. The summed E-state index contributed by atoms with van der Waals surface area (Å²) in [6, 6.07) is 0. The maximum absolute atomic E-state index is 11.2. The van der Waals surface area contributed by atoms with Gasteiger partial charge in [0.25, 0.3) is 0 Å². The lowest BCUT2D eigenvalue weighted by Crippen LogP contribution is -2.38. The Morgan fingerprint density at radius 2 is 1.93 bits per heavy atom. The van der Waals surface area contributed by atoms with E-state index in [-0.39, 0.29) is 19.1 Å². The minimum atomic E-state index is -0.271. The first kappa shape index (κ1) is 13.1. The van der Waals surface area contributed by atoms with Gasteiger partial charge in [-0.25, -0.2) is 0 Å². The third-order valence-corrected chi connectivity index (χ3v) is 1.61. The maximum atomic E-state index is 11.2. The van der Waals surface area contributed by atoms with Crippen molar-refractivity contribution < 1.29 is 9.53 Å². The van der Waals surface area contributed by atoms with Crippen LogP contribution in [0, 0.1) is 0 Å². The van der Waals surface area contributed by atoms with Crippen molar-refractivity contribution in [3.8, 4) is 0 Å². The molecule has 0 fully saturated rings. The molecule has 0 aliphatic rings. The Kier molecular flexibility index (Phi) is 8.11. The van der Waals surface area contributed by atoms with Gasteiger partial charge >= 0.3 is 5.97 Å². The molecule has 14 heavy (non-hydrogen) atoms. The highest BCUT2D eigenvalue weighted by Crippen LogP contribution is 1.88. The monoisotopic (exact) mass is 201 g/mol. The summed E-state index contributed by atoms with van der Waals surface area (Å²) in [5.74, 6) is -0.271. The van der Waals surface area contributed by atoms with Crippen LogP contribution in [0.4, 0.5) is 0 Å². The smallest absolute Gasteiger partial charge is 0.320 e. The van der Waals surface area contributed by atoms with Gasteiger partial charge in [0.1, 0.15) is 6.61 Å². The van der Waals surface area contributed by atoms with Gasteiger partial charge in [-0.15, -0.1) is 0 Å². The largest absolute Gasteiger partial charge is 0.461 e. The van der Waals surface area contributed by atoms with E-state index >= 15 is 0 Å². The number of rotatable bonds is 8. The van der Waals surface area contributed by atoms with Crippen LogP contribution in [0.3, 0.4) is 0 Å². The Morgan fingerprint density at radius 3 is 2.36 bits per heavy atom. The molecule has 0 aliphatic carbocycles. The molecule has 0 bridgehead atoms. The Labute approximate surface area is 84.7 Å². The van der Waals surface area contributed by atoms with Gasteiger partial charge in [0.2, 0.25) is 0 Å². The number of carbonyl (C=O) groups is 1. The van der Waals surface area contributed by atoms with E-state index in [0.29, 0.717) is 26.2 Å². The van der Waals surface area contributed by atoms with Crippen LogP contribution in [0.2, 0.25) is 0 Å². The standard InChI is InChI=1S/C9H19N3O2/c1-2-7-14-9(13)8-12(5-3-10)6-4-11/h2H,1,3-8,10-11H2. The van der Waals surface area contributed by atoms with Crippen molar-refractivity contribution >= 4 is 5.97 Å². The molecule has 82 valence electrons. The number of ether oxygens (including phenoxy) is 1. The van der Waals surface area contributed by atoms with E-state index in [0.717, 1.165) is 0 Å². The highest BCUT2D eigenvalue weighted by Gasteiger charge is 2.09. The summed E-state index contributed by atoms with van der Waals surface area (Å²) in [5, 5.41) is 0. The first-order valence-corrected chi connectivity index (χ1v) is 4.63. The Morgan fingerprint density at radius 1 is 1.36 bits per heavy atom. The molecule has 0 aromatic heterocycles. The molecule has 0 heterocycles. The van der Waals surface area contributed by atoms with Crippen molar-refractivity contribution in [2.24, 2.45) is 11.5 Å². The zero-order chi connectivity index (χ0) is 10.8. The Balaban J connectivity index is 3.76. The average molecular weight is 201 g/mol. The van der Waals surface area contributed by atoms with Crippen LogP contribution in [0.25, 0.3) is 0 Å². The minimum Gasteiger partial charge on any atom is -0.461 e. The van der Waals surface area contributed by atoms with Crippen molar-refractivity contribution in [2.75, 3.05) is 39.3 Å². The fourth-order valence-electron chi connectivity index (χ4n) is 1.02. The molecule has 5 nitrogen and oxygen atoms in total. The van der Waals surface area contributed by atoms with E-state index < -0.39 is 0 Å². The number of hydrogen-bond acceptors (Lipinski definition) is 5. The molecule has 0 radical (unpaired) electrons. The van der Waals surface area contributed by atoms with E-state index in [9.17, 15) is 4.79 Å². The summed E-state index contributed by atoms with van der Waals surface area (Å²) in [6.45, 7) is 6.26. The lowest BCUT2D eigenvalue weighted by atomic mass is 10.4. The van der Waals surface area contributed by atoms with Gasteiger partial charge in [-0.05, 0) is 0 Å². The number of carbonyl (C=O) groups excluding carboxylic acids is 1. The van der Waals surface area contributed by atoms with Crippen molar-refractivity contribution in [3.05, 3.63) is 12.7 Å². The molecule has 0 aromatic carbocycles. The summed E-state index contributed by atoms with van der Waals surface area (Å²) in [5.41, 5.74) is 10.8. The molecule has 5 heteroatoms. The van der Waals surface area contributed by atoms with E-state index in [4.69, 9.17) is 16.2 Å². The highest BCUT2D eigenvalue weighted by molar-refractivity contribution is 5.71. The molecule has 4 N–H and O–H groups in total. The molecular formula is C9H19N3O2. The first-order chi connectivity index (χ1) is 6.74. The van der Waals surface area contributed by atoms with E-state index in [1.807, 2.05) is 4.90 Å². The number of nitrogens with zero attached hydrogens (tertiary/aromatic N) is 1. The van der Waals surface area contributed by atoms with Gasteiger partial charge < -0.3 is 16.2 Å². The van der Waals surface area contributed by atoms with Crippen molar-refractivity contribution in [1.29, 1.82) is 0 Å². The van der Waals surface area contributed by atoms with Crippen LogP contribution in [-0.2, 0) is 9.53 Å². The predicted molar refractivity (Wildman–Crippen MR) is 55.7 cm³/mol. The molecular weight excluding hydrogens is 182 g/mol. The zero-order valence-electron chi connectivity index (χ0n) is 8.45. The number of nitrogens with two attached hydrogens (primary N) is 2. The van der Waals surface area contributed by atoms with Gasteiger partial charge in [0.05, 0.1) is 6.54 Å². The minimum absolute atomic E-state index is 0.238. The molecule has 0 saturated heterocycles. The zero-order valence-corrected chi connectivity index (χ0v) is 8.45. The van der Waals surface area contributed by atoms with E-state index in [2.05, 4.69) is 6.58 Å². The number of esters is 1. The maximum Gasteiger partial charge on any atom is 0.320 e. The molecule has 0 saturated carbocycles. The highest BCUT2D eigenvalue weighted by atomic mass is 16.5. The van der Waals surface area contributed by atoms with Crippen molar-refractivity contribution in [3.63, 3.8) is 0 Å². The first-order valence-electron chi connectivity index (χ1n) is 4.63. The molecule has 0 aliphatic heterocycles. The summed E-state index contributed by atoms with van der Waals surface area (Å²) in [7, 11) is 0. The van der Waals surface area contributed by atoms with Gasteiger partial charge in [-0.1, -0.05) is 12.7 Å². The number of hydrogen-bond donors (Lipinski definition) is 2. The summed E-state index contributed by atoms with van der Waals surface area (Å²) in [4.78, 5) is 13.0. The third kappa shape index (κ3) is 6.59. The second-order valence-corrected chi connectivity index (χ2v) is 2.83. The summed E-state index contributed by atoms with van der Waals surface area (Å²) >= 11 is 0. The lowest BCUT2D eigenvalue weighted by Gasteiger charge is -2.19. The quantitative estimate of drug-likeness (QED) is 0.386. The lowest BCUT2D eigenvalue weighted by molar-refractivity contribution is -0.143. The summed E-state index contributed by atoms with van der Waals surface area (Å²) in [6.07, 6.45) is 1.54. The molecule has 0 atom stereocenters. The van der Waals surface area contributed by atoms with Crippen molar-refractivity contribution in [1.82, 2.24) is 4.90 Å². The van der Waals surface area contributed by atoms with E-state index in [1.54, 1.807) is 0 Å². The van der Waals surface area contributed by atoms with Gasteiger partial charge in [-0.3, -0.25) is 9.69 Å². The van der Waals surface area contributed by atoms with Crippen LogP contribution < -0.4 is 11.5 Å². The third-order valence-electron chi connectivity index (χ3n) is 1.61. The average Bonchev–Trinajstić information content (AvgIpc) is 2.15.